The molecule has 0 atom stereocenters. The van der Waals surface area contributed by atoms with Gasteiger partial charge >= 0.3 is 177 Å². The Hall–Kier alpha value is -1.99. The van der Waals surface area contributed by atoms with Crippen molar-refractivity contribution in [1.29, 1.82) is 0 Å². The fraction of sp³-hybridized carbons (Fsp3) is 0. The maximum absolute atomic E-state index is 13.1. The fourth-order valence-electron chi connectivity index (χ4n) is 4.61. The van der Waals surface area contributed by atoms with Crippen molar-refractivity contribution < 1.29 is 4.89 Å². The van der Waals surface area contributed by atoms with Gasteiger partial charge in [-0.25, -0.2) is 0 Å². The Kier molecular flexibility index (Phi) is 4.10. The molecule has 146 valence electrons. The second-order valence-electron chi connectivity index (χ2n) is 7.49. The molecule has 1 aliphatic rings. The molecule has 1 heterocycles. The Morgan fingerprint density at radius 2 is 0.759 bits per heavy atom. The quantitative estimate of drug-likeness (QED) is 0.251. The van der Waals surface area contributed by atoms with Gasteiger partial charge in [0.15, 0.2) is 0 Å². The Labute approximate surface area is 176 Å². The maximum atomic E-state index is 13.1. The fourth-order valence-corrected chi connectivity index (χ4v) is 28.7. The molecule has 0 radical (unpaired) electrons. The molecule has 1 saturated heterocycles. The second kappa shape index (κ2) is 6.25. The van der Waals surface area contributed by atoms with Crippen LogP contribution < -0.4 is 26.1 Å². The standard InChI is InChI=1S/C24H23NOP2S/c26-27(21-13-5-1-6-14-21,22-15-7-2-8-16-22)25-28(27,29,23-17-9-3-10-18-23)24-19-11-4-12-20-24/h1-20,25-26,29H. The summed E-state index contributed by atoms with van der Waals surface area (Å²) in [6.07, 6.45) is 0. The molecule has 4 aromatic carbocycles. The van der Waals surface area contributed by atoms with E-state index in [0.717, 1.165) is 21.2 Å². The molecule has 0 saturated carbocycles. The number of nitrogens with one attached hydrogen (secondary N) is 1. The molecule has 1 aliphatic heterocycles. The molecule has 0 aliphatic carbocycles. The van der Waals surface area contributed by atoms with Crippen LogP contribution in [-0.4, -0.2) is 4.89 Å². The van der Waals surface area contributed by atoms with E-state index in [4.69, 9.17) is 12.2 Å². The van der Waals surface area contributed by atoms with Crippen LogP contribution in [0.2, 0.25) is 0 Å². The van der Waals surface area contributed by atoms with E-state index in [1.54, 1.807) is 0 Å². The first-order valence-corrected chi connectivity index (χ1v) is 15.9. The van der Waals surface area contributed by atoms with Gasteiger partial charge in [0.25, 0.3) is 0 Å². The summed E-state index contributed by atoms with van der Waals surface area (Å²) >= 11 is 5.55. The van der Waals surface area contributed by atoms with Crippen molar-refractivity contribution in [1.82, 2.24) is 4.86 Å². The van der Waals surface area contributed by atoms with Crippen LogP contribution in [0.15, 0.2) is 121 Å². The van der Waals surface area contributed by atoms with E-state index in [0.29, 0.717) is 0 Å². The summed E-state index contributed by atoms with van der Waals surface area (Å²) in [7, 11) is 0. The van der Waals surface area contributed by atoms with Crippen LogP contribution in [0, 0.1) is 0 Å². The van der Waals surface area contributed by atoms with Crippen molar-refractivity contribution >= 4 is 45.8 Å². The van der Waals surface area contributed by atoms with E-state index in [2.05, 4.69) is 29.1 Å². The minimum atomic E-state index is -3.86. The molecule has 4 aromatic rings. The van der Waals surface area contributed by atoms with Gasteiger partial charge in [-0.05, 0) is 0 Å². The number of benzene rings is 4. The minimum absolute atomic E-state index is 0.921. The van der Waals surface area contributed by atoms with Crippen LogP contribution in [0.1, 0.15) is 0 Å². The van der Waals surface area contributed by atoms with Crippen LogP contribution in [0.5, 0.6) is 0 Å². The molecule has 2 N–H and O–H groups in total. The third-order valence-corrected chi connectivity index (χ3v) is 28.1. The number of thiol groups is 1. The predicted octanol–water partition coefficient (Wildman–Crippen LogP) is 4.50. The van der Waals surface area contributed by atoms with E-state index in [-0.39, 0.29) is 0 Å². The molecule has 5 heteroatoms. The molecular weight excluding hydrogens is 412 g/mol. The summed E-state index contributed by atoms with van der Waals surface area (Å²) < 4.78 is 0. The molecule has 0 aromatic heterocycles. The van der Waals surface area contributed by atoms with Gasteiger partial charge < -0.3 is 0 Å². The number of hydrogen-bond donors (Lipinski definition) is 3. The molecule has 0 amide bonds. The van der Waals surface area contributed by atoms with Gasteiger partial charge in [-0.1, -0.05) is 0 Å². The monoisotopic (exact) mass is 435 g/mol. The zero-order valence-corrected chi connectivity index (χ0v) is 18.5. The van der Waals surface area contributed by atoms with Gasteiger partial charge in [-0.2, -0.15) is 0 Å². The Morgan fingerprint density at radius 3 is 1.07 bits per heavy atom. The molecule has 29 heavy (non-hydrogen) atoms. The zero-order valence-electron chi connectivity index (χ0n) is 15.8. The van der Waals surface area contributed by atoms with Crippen LogP contribution in [0.4, 0.5) is 0 Å². The Morgan fingerprint density at radius 1 is 0.483 bits per heavy atom. The van der Waals surface area contributed by atoms with Crippen LogP contribution in [0.3, 0.4) is 0 Å². The second-order valence-corrected chi connectivity index (χ2v) is 22.5. The predicted molar refractivity (Wildman–Crippen MR) is 132 cm³/mol. The summed E-state index contributed by atoms with van der Waals surface area (Å²) in [5.74, 6) is 0. The van der Waals surface area contributed by atoms with Crippen molar-refractivity contribution in [3.05, 3.63) is 121 Å². The zero-order chi connectivity index (χ0) is 20.1. The number of hydrogen-bond acceptors (Lipinski definition) is 3. The molecule has 0 bridgehead atoms. The number of rotatable bonds is 4. The van der Waals surface area contributed by atoms with Gasteiger partial charge in [0.2, 0.25) is 0 Å². The summed E-state index contributed by atoms with van der Waals surface area (Å²) in [6, 6.07) is 40.6. The van der Waals surface area contributed by atoms with Crippen LogP contribution >= 0.6 is 24.6 Å². The first kappa shape index (κ1) is 19.0. The van der Waals surface area contributed by atoms with Crippen molar-refractivity contribution in [2.24, 2.45) is 0 Å². The SMILES string of the molecule is OP1(c2ccccc2)(c2ccccc2)NP1(S)(c1ccccc1)c1ccccc1. The summed E-state index contributed by atoms with van der Waals surface area (Å²) in [4.78, 5) is 16.9. The topological polar surface area (TPSA) is 42.2 Å². The van der Waals surface area contributed by atoms with Gasteiger partial charge in [-0.15, -0.1) is 0 Å². The third-order valence-electron chi connectivity index (χ3n) is 6.08. The summed E-state index contributed by atoms with van der Waals surface area (Å²) in [5.41, 5.74) is -3.48. The molecule has 2 nitrogen and oxygen atoms in total. The van der Waals surface area contributed by atoms with Crippen LogP contribution in [0.25, 0.3) is 0 Å². The average molecular weight is 435 g/mol. The van der Waals surface area contributed by atoms with Gasteiger partial charge in [0, 0.05) is 0 Å². The molecule has 1 fully saturated rings. The molecule has 5 rings (SSSR count). The summed E-state index contributed by atoms with van der Waals surface area (Å²) in [6.45, 7) is -3.86. The Balaban J connectivity index is 1.96. The van der Waals surface area contributed by atoms with Crippen molar-refractivity contribution in [3.8, 4) is 0 Å². The van der Waals surface area contributed by atoms with E-state index in [1.807, 2.05) is 97.1 Å². The normalized spacial score (nSPS) is 22.8. The van der Waals surface area contributed by atoms with E-state index < -0.39 is 12.3 Å². The van der Waals surface area contributed by atoms with Crippen molar-refractivity contribution in [3.63, 3.8) is 0 Å². The Bertz CT molecular complexity index is 997. The summed E-state index contributed by atoms with van der Waals surface area (Å²) in [5, 5.41) is 3.96. The van der Waals surface area contributed by atoms with E-state index in [9.17, 15) is 4.89 Å². The van der Waals surface area contributed by atoms with Gasteiger partial charge in [0.1, 0.15) is 0 Å². The third kappa shape index (κ3) is 2.12. The molecule has 0 spiro atoms. The van der Waals surface area contributed by atoms with E-state index in [1.165, 1.54) is 0 Å². The van der Waals surface area contributed by atoms with Crippen LogP contribution in [-0.2, 0) is 0 Å². The molecular formula is C24H23NOP2S. The van der Waals surface area contributed by atoms with Gasteiger partial charge in [0.05, 0.1) is 0 Å². The average Bonchev–Trinajstić information content (AvgIpc) is 3.33. The first-order valence-electron chi connectivity index (χ1n) is 9.58. The van der Waals surface area contributed by atoms with Crippen molar-refractivity contribution in [2.45, 2.75) is 0 Å². The molecule has 0 unspecified atom stereocenters. The first-order chi connectivity index (χ1) is 14.0. The van der Waals surface area contributed by atoms with Crippen molar-refractivity contribution in [2.75, 3.05) is 0 Å². The van der Waals surface area contributed by atoms with E-state index >= 15 is 0 Å². The van der Waals surface area contributed by atoms with Gasteiger partial charge in [-0.3, -0.25) is 0 Å².